The van der Waals surface area contributed by atoms with E-state index < -0.39 is 5.97 Å². The number of methoxy groups -OCH3 is 1. The molecule has 0 saturated carbocycles. The fourth-order valence-electron chi connectivity index (χ4n) is 3.20. The number of benzene rings is 2. The van der Waals surface area contributed by atoms with Gasteiger partial charge in [0.05, 0.1) is 36.2 Å². The van der Waals surface area contributed by atoms with Gasteiger partial charge in [0.15, 0.2) is 5.13 Å². The number of aromatic nitrogens is 2. The Morgan fingerprint density at radius 2 is 1.78 bits per heavy atom. The molecule has 0 atom stereocenters. The number of fused-ring (bicyclic) bond motifs is 1. The lowest BCUT2D eigenvalue weighted by Gasteiger charge is -2.19. The zero-order chi connectivity index (χ0) is 22.5. The third-order valence-electron chi connectivity index (χ3n) is 4.75. The Morgan fingerprint density at radius 3 is 2.47 bits per heavy atom. The minimum Gasteiger partial charge on any atom is -0.492 e. The third kappa shape index (κ3) is 4.45. The molecule has 1 amide bonds. The maximum absolute atomic E-state index is 13.5. The van der Waals surface area contributed by atoms with Crippen LogP contribution in [0.25, 0.3) is 10.2 Å². The Balaban J connectivity index is 1.73. The number of amides is 1. The molecule has 2 aromatic carbocycles. The van der Waals surface area contributed by atoms with Gasteiger partial charge in [-0.05, 0) is 55.5 Å². The van der Waals surface area contributed by atoms with Crippen molar-refractivity contribution in [3.8, 4) is 5.75 Å². The lowest BCUT2D eigenvalue weighted by atomic mass is 10.1. The topological polar surface area (TPSA) is 81.6 Å². The number of nitrogens with zero attached hydrogens (tertiary/aromatic N) is 3. The van der Waals surface area contributed by atoms with Crippen molar-refractivity contribution in [1.82, 2.24) is 9.97 Å². The van der Waals surface area contributed by atoms with E-state index in [4.69, 9.17) is 14.5 Å². The zero-order valence-electron chi connectivity index (χ0n) is 17.6. The summed E-state index contributed by atoms with van der Waals surface area (Å²) in [7, 11) is 1.32. The minimum atomic E-state index is -0.455. The Hall–Kier alpha value is -3.78. The van der Waals surface area contributed by atoms with Crippen molar-refractivity contribution in [2.75, 3.05) is 18.6 Å². The van der Waals surface area contributed by atoms with Crippen LogP contribution in [0.2, 0.25) is 0 Å². The highest BCUT2D eigenvalue weighted by atomic mass is 32.1. The van der Waals surface area contributed by atoms with Crippen LogP contribution in [0.5, 0.6) is 5.75 Å². The summed E-state index contributed by atoms with van der Waals surface area (Å²) < 4.78 is 11.4. The first-order valence-electron chi connectivity index (χ1n) is 10.0. The molecular formula is C24H21N3O4S. The van der Waals surface area contributed by atoms with Crippen LogP contribution in [0, 0.1) is 0 Å². The summed E-state index contributed by atoms with van der Waals surface area (Å²) in [5.41, 5.74) is 2.25. The molecule has 0 aliphatic heterocycles. The number of thiazole rings is 1. The van der Waals surface area contributed by atoms with E-state index in [-0.39, 0.29) is 12.5 Å². The van der Waals surface area contributed by atoms with Gasteiger partial charge in [-0.1, -0.05) is 23.5 Å². The van der Waals surface area contributed by atoms with E-state index in [1.165, 1.54) is 18.4 Å². The molecule has 0 saturated heterocycles. The number of hydrogen-bond donors (Lipinski definition) is 0. The van der Waals surface area contributed by atoms with Crippen molar-refractivity contribution in [2.45, 2.75) is 13.5 Å². The van der Waals surface area contributed by atoms with Crippen LogP contribution in [0.15, 0.2) is 66.9 Å². The molecular weight excluding hydrogens is 426 g/mol. The van der Waals surface area contributed by atoms with Gasteiger partial charge in [0, 0.05) is 11.8 Å². The fourth-order valence-corrected chi connectivity index (χ4v) is 4.18. The van der Waals surface area contributed by atoms with E-state index in [1.807, 2.05) is 43.3 Å². The Labute approximate surface area is 189 Å². The molecule has 0 N–H and O–H groups in total. The minimum absolute atomic E-state index is 0.246. The molecule has 162 valence electrons. The van der Waals surface area contributed by atoms with Gasteiger partial charge in [-0.25, -0.2) is 9.78 Å². The first-order valence-corrected chi connectivity index (χ1v) is 10.8. The van der Waals surface area contributed by atoms with Crippen molar-refractivity contribution in [2.24, 2.45) is 0 Å². The third-order valence-corrected chi connectivity index (χ3v) is 5.79. The number of para-hydroxylation sites is 1. The average molecular weight is 448 g/mol. The van der Waals surface area contributed by atoms with Gasteiger partial charge < -0.3 is 9.47 Å². The SMILES string of the molecule is CCOc1cccc2sc(N(Cc3ccccn3)C(=O)c3ccc(C(=O)OC)cc3)nc12. The predicted molar refractivity (Wildman–Crippen MR) is 123 cm³/mol. The van der Waals surface area contributed by atoms with E-state index in [9.17, 15) is 9.59 Å². The van der Waals surface area contributed by atoms with E-state index in [0.29, 0.717) is 34.1 Å². The first-order chi connectivity index (χ1) is 15.6. The summed E-state index contributed by atoms with van der Waals surface area (Å²) in [6, 6.07) is 17.7. The molecule has 0 fully saturated rings. The summed E-state index contributed by atoms with van der Waals surface area (Å²) in [6.07, 6.45) is 1.69. The molecule has 8 heteroatoms. The fraction of sp³-hybridized carbons (Fsp3) is 0.167. The number of hydrogen-bond acceptors (Lipinski definition) is 7. The molecule has 0 aliphatic carbocycles. The van der Waals surface area contributed by atoms with Gasteiger partial charge in [0.25, 0.3) is 5.91 Å². The summed E-state index contributed by atoms with van der Waals surface area (Å²) in [4.78, 5) is 35.9. The summed E-state index contributed by atoms with van der Waals surface area (Å²) in [5, 5.41) is 0.542. The highest BCUT2D eigenvalue weighted by molar-refractivity contribution is 7.22. The molecule has 32 heavy (non-hydrogen) atoms. The second-order valence-corrected chi connectivity index (χ2v) is 7.82. The van der Waals surface area contributed by atoms with Crippen LogP contribution in [0.3, 0.4) is 0 Å². The zero-order valence-corrected chi connectivity index (χ0v) is 18.5. The van der Waals surface area contributed by atoms with Gasteiger partial charge in [-0.15, -0.1) is 0 Å². The molecule has 4 rings (SSSR count). The Kier molecular flexibility index (Phi) is 6.42. The van der Waals surface area contributed by atoms with Gasteiger partial charge in [-0.3, -0.25) is 14.7 Å². The molecule has 7 nitrogen and oxygen atoms in total. The van der Waals surface area contributed by atoms with Crippen LogP contribution in [0.1, 0.15) is 33.3 Å². The van der Waals surface area contributed by atoms with E-state index >= 15 is 0 Å². The van der Waals surface area contributed by atoms with Crippen LogP contribution in [-0.4, -0.2) is 35.6 Å². The van der Waals surface area contributed by atoms with Crippen molar-refractivity contribution in [1.29, 1.82) is 0 Å². The van der Waals surface area contributed by atoms with E-state index in [0.717, 1.165) is 10.4 Å². The maximum Gasteiger partial charge on any atom is 0.337 e. The number of ether oxygens (including phenoxy) is 2. The van der Waals surface area contributed by atoms with Crippen LogP contribution < -0.4 is 9.64 Å². The van der Waals surface area contributed by atoms with Gasteiger partial charge in [-0.2, -0.15) is 0 Å². The second kappa shape index (κ2) is 9.57. The van der Waals surface area contributed by atoms with Gasteiger partial charge in [0.2, 0.25) is 0 Å². The second-order valence-electron chi connectivity index (χ2n) is 6.81. The molecule has 0 spiro atoms. The summed E-state index contributed by atoms with van der Waals surface area (Å²) >= 11 is 1.41. The van der Waals surface area contributed by atoms with Crippen molar-refractivity contribution in [3.63, 3.8) is 0 Å². The van der Waals surface area contributed by atoms with Crippen molar-refractivity contribution >= 4 is 38.6 Å². The normalized spacial score (nSPS) is 10.7. The lowest BCUT2D eigenvalue weighted by Crippen LogP contribution is -2.30. The van der Waals surface area contributed by atoms with Crippen LogP contribution in [-0.2, 0) is 11.3 Å². The van der Waals surface area contributed by atoms with Gasteiger partial charge >= 0.3 is 5.97 Å². The predicted octanol–water partition coefficient (Wildman–Crippen LogP) is 4.72. The van der Waals surface area contributed by atoms with Crippen LogP contribution >= 0.6 is 11.3 Å². The molecule has 0 unspecified atom stereocenters. The average Bonchev–Trinajstić information content (AvgIpc) is 3.27. The highest BCUT2D eigenvalue weighted by Gasteiger charge is 2.23. The number of carbonyl (C=O) groups excluding carboxylic acids is 2. The monoisotopic (exact) mass is 447 g/mol. The number of esters is 1. The lowest BCUT2D eigenvalue weighted by molar-refractivity contribution is 0.0600. The first kappa shape index (κ1) is 21.5. The van der Waals surface area contributed by atoms with E-state index in [2.05, 4.69) is 4.98 Å². The molecule has 0 aliphatic rings. The Bertz CT molecular complexity index is 1240. The van der Waals surface area contributed by atoms with Crippen molar-refractivity contribution in [3.05, 3.63) is 83.7 Å². The van der Waals surface area contributed by atoms with E-state index in [1.54, 1.807) is 35.4 Å². The van der Waals surface area contributed by atoms with Crippen LogP contribution in [0.4, 0.5) is 5.13 Å². The number of rotatable bonds is 7. The number of pyridine rings is 1. The number of anilines is 1. The number of carbonyl (C=O) groups is 2. The maximum atomic E-state index is 13.5. The smallest absolute Gasteiger partial charge is 0.337 e. The van der Waals surface area contributed by atoms with Gasteiger partial charge in [0.1, 0.15) is 11.3 Å². The largest absolute Gasteiger partial charge is 0.492 e. The summed E-state index contributed by atoms with van der Waals surface area (Å²) in [6.45, 7) is 2.69. The molecule has 2 heterocycles. The Morgan fingerprint density at radius 1 is 1.00 bits per heavy atom. The molecule has 4 aromatic rings. The molecule has 2 aromatic heterocycles. The molecule has 0 bridgehead atoms. The highest BCUT2D eigenvalue weighted by Crippen LogP contribution is 2.35. The summed E-state index contributed by atoms with van der Waals surface area (Å²) in [5.74, 6) is -0.0202. The van der Waals surface area contributed by atoms with Crippen molar-refractivity contribution < 1.29 is 19.1 Å². The standard InChI is InChI=1S/C24H21N3O4S/c1-3-31-19-8-6-9-20-21(19)26-24(32-20)27(15-18-7-4-5-14-25-18)22(28)16-10-12-17(13-11-16)23(29)30-2/h4-14H,3,15H2,1-2H3. The quantitative estimate of drug-likeness (QED) is 0.381. The molecule has 0 radical (unpaired) electrons.